The predicted molar refractivity (Wildman–Crippen MR) is 118 cm³/mol. The van der Waals surface area contributed by atoms with Crippen molar-refractivity contribution in [1.82, 2.24) is 4.57 Å². The quantitative estimate of drug-likeness (QED) is 0.494. The van der Waals surface area contributed by atoms with Gasteiger partial charge in [0, 0.05) is 30.3 Å². The Morgan fingerprint density at radius 1 is 1.21 bits per heavy atom. The summed E-state index contributed by atoms with van der Waals surface area (Å²) in [5, 5.41) is 10.9. The lowest BCUT2D eigenvalue weighted by Crippen LogP contribution is -2.39. The van der Waals surface area contributed by atoms with Crippen LogP contribution in [0.5, 0.6) is 5.75 Å². The van der Waals surface area contributed by atoms with E-state index in [1.807, 2.05) is 18.4 Å². The summed E-state index contributed by atoms with van der Waals surface area (Å²) in [6.45, 7) is 6.86. The molecule has 0 spiro atoms. The van der Waals surface area contributed by atoms with Crippen LogP contribution >= 0.6 is 11.9 Å². The zero-order valence-corrected chi connectivity index (χ0v) is 18.0. The molecule has 1 aliphatic rings. The maximum atomic E-state index is 13.3. The second-order valence-corrected chi connectivity index (χ2v) is 8.43. The number of hydrogen-bond acceptors (Lipinski definition) is 3. The van der Waals surface area contributed by atoms with E-state index in [-0.39, 0.29) is 18.2 Å². The van der Waals surface area contributed by atoms with Crippen molar-refractivity contribution in [2.75, 3.05) is 10.6 Å². The van der Waals surface area contributed by atoms with Crippen LogP contribution in [0.25, 0.3) is 22.0 Å². The van der Waals surface area contributed by atoms with Crippen LogP contribution < -0.4 is 4.31 Å². The highest BCUT2D eigenvalue weighted by atomic mass is 32.2. The van der Waals surface area contributed by atoms with Gasteiger partial charge in [-0.3, -0.25) is 0 Å². The number of halogens is 2. The summed E-state index contributed by atoms with van der Waals surface area (Å²) in [6, 6.07) is 9.27. The first kappa shape index (κ1) is 20.1. The van der Waals surface area contributed by atoms with E-state index in [2.05, 4.69) is 35.7 Å². The smallest absolute Gasteiger partial charge is 0.240 e. The fourth-order valence-corrected chi connectivity index (χ4v) is 5.64. The van der Waals surface area contributed by atoms with Gasteiger partial charge in [-0.05, 0) is 60.7 Å². The van der Waals surface area contributed by atoms with Crippen molar-refractivity contribution in [2.24, 2.45) is 0 Å². The average molecular weight is 417 g/mol. The summed E-state index contributed by atoms with van der Waals surface area (Å²) in [7, 11) is 0. The van der Waals surface area contributed by atoms with Crippen LogP contribution in [0.1, 0.15) is 30.2 Å². The molecule has 3 aromatic rings. The first-order valence-electron chi connectivity index (χ1n) is 9.93. The Kier molecular flexibility index (Phi) is 5.23. The fraction of sp³-hybridized carbons (Fsp3) is 0.391. The molecule has 4 rings (SSSR count). The summed E-state index contributed by atoms with van der Waals surface area (Å²) >= 11 is 1.53. The van der Waals surface area contributed by atoms with Crippen molar-refractivity contribution < 1.29 is 13.9 Å². The number of nitrogens with zero attached hydrogens (tertiary/aromatic N) is 2. The number of alkyl halides is 2. The topological polar surface area (TPSA) is 28.4 Å². The van der Waals surface area contributed by atoms with Crippen molar-refractivity contribution in [3.63, 3.8) is 0 Å². The number of phenolic OH excluding ortho intramolecular Hbond substituents is 1. The summed E-state index contributed by atoms with van der Waals surface area (Å²) in [5.41, 5.74) is 7.91. The maximum absolute atomic E-state index is 13.3. The van der Waals surface area contributed by atoms with Gasteiger partial charge >= 0.3 is 0 Å². The minimum Gasteiger partial charge on any atom is -0.508 e. The first-order chi connectivity index (χ1) is 13.9. The van der Waals surface area contributed by atoms with Gasteiger partial charge in [-0.25, -0.2) is 8.78 Å². The molecule has 2 heterocycles. The van der Waals surface area contributed by atoms with Crippen LogP contribution in [0.3, 0.4) is 0 Å². The lowest BCUT2D eigenvalue weighted by Gasteiger charge is -2.39. The summed E-state index contributed by atoms with van der Waals surface area (Å²) in [6.07, 6.45) is 0.343. The second kappa shape index (κ2) is 7.56. The van der Waals surface area contributed by atoms with Gasteiger partial charge in [0.1, 0.15) is 5.75 Å². The van der Waals surface area contributed by atoms with Gasteiger partial charge in [-0.15, -0.1) is 0 Å². The standard InChI is InChI=1S/C23H26F2N2OS/c1-5-18-14(3)22-23-19(21(18)15-6-8-17(28)9-7-15)10-13(2)26(23)12-16(11-20(24)25)27(22)29-4/h6-10,16,20,28H,5,11-12H2,1-4H3. The number of hydrogen-bond donors (Lipinski definition) is 1. The Labute approximate surface area is 174 Å². The molecule has 0 saturated heterocycles. The van der Waals surface area contributed by atoms with E-state index in [4.69, 9.17) is 0 Å². The van der Waals surface area contributed by atoms with Gasteiger partial charge in [-0.2, -0.15) is 0 Å². The second-order valence-electron chi connectivity index (χ2n) is 7.68. The van der Waals surface area contributed by atoms with Gasteiger partial charge in [0.05, 0.1) is 17.2 Å². The molecule has 1 aliphatic heterocycles. The van der Waals surface area contributed by atoms with Crippen LogP contribution in [0, 0.1) is 13.8 Å². The highest BCUT2D eigenvalue weighted by molar-refractivity contribution is 8.00. The number of anilines is 1. The third-order valence-corrected chi connectivity index (χ3v) is 6.88. The zero-order chi connectivity index (χ0) is 20.9. The Morgan fingerprint density at radius 2 is 1.90 bits per heavy atom. The molecule has 0 aliphatic carbocycles. The van der Waals surface area contributed by atoms with Crippen LogP contribution in [0.15, 0.2) is 30.3 Å². The number of aromatic nitrogens is 1. The van der Waals surface area contributed by atoms with Crippen LogP contribution in [0.2, 0.25) is 0 Å². The summed E-state index contributed by atoms with van der Waals surface area (Å²) in [4.78, 5) is 0. The fourth-order valence-electron chi connectivity index (χ4n) is 4.78. The highest BCUT2D eigenvalue weighted by Gasteiger charge is 2.34. The molecule has 2 aromatic carbocycles. The monoisotopic (exact) mass is 416 g/mol. The molecule has 0 radical (unpaired) electrons. The Hall–Kier alpha value is -2.21. The predicted octanol–water partition coefficient (Wildman–Crippen LogP) is 6.31. The molecule has 0 amide bonds. The van der Waals surface area contributed by atoms with Crippen LogP contribution in [-0.4, -0.2) is 28.4 Å². The van der Waals surface area contributed by atoms with Crippen molar-refractivity contribution in [3.05, 3.63) is 47.2 Å². The molecule has 154 valence electrons. The third-order valence-electron chi connectivity index (χ3n) is 6.01. The van der Waals surface area contributed by atoms with Crippen molar-refractivity contribution in [2.45, 2.75) is 52.6 Å². The summed E-state index contributed by atoms with van der Waals surface area (Å²) < 4.78 is 31.0. The van der Waals surface area contributed by atoms with E-state index in [0.717, 1.165) is 39.8 Å². The number of aryl methyl sites for hydroxylation is 1. The minimum absolute atomic E-state index is 0.139. The van der Waals surface area contributed by atoms with Crippen molar-refractivity contribution >= 4 is 28.5 Å². The van der Waals surface area contributed by atoms with Gasteiger partial charge in [0.25, 0.3) is 0 Å². The molecule has 1 aromatic heterocycles. The Bertz CT molecular complexity index is 1060. The number of rotatable bonds is 5. The lowest BCUT2D eigenvalue weighted by atomic mass is 9.89. The Morgan fingerprint density at radius 3 is 2.48 bits per heavy atom. The van der Waals surface area contributed by atoms with E-state index in [1.165, 1.54) is 23.1 Å². The molecule has 29 heavy (non-hydrogen) atoms. The number of benzene rings is 2. The van der Waals surface area contributed by atoms with E-state index in [1.54, 1.807) is 12.1 Å². The molecular weight excluding hydrogens is 390 g/mol. The van der Waals surface area contributed by atoms with Crippen LogP contribution in [0.4, 0.5) is 14.5 Å². The lowest BCUT2D eigenvalue weighted by molar-refractivity contribution is 0.126. The number of aromatic hydroxyl groups is 1. The summed E-state index contributed by atoms with van der Waals surface area (Å²) in [5.74, 6) is 0.245. The molecule has 6 heteroatoms. The largest absolute Gasteiger partial charge is 0.508 e. The molecule has 3 nitrogen and oxygen atoms in total. The zero-order valence-electron chi connectivity index (χ0n) is 17.2. The third kappa shape index (κ3) is 3.18. The SMILES string of the molecule is CCc1c(C)c2c3c(cc(C)n3CC(CC(F)F)N2SC)c1-c1ccc(O)cc1. The van der Waals surface area contributed by atoms with Gasteiger partial charge in [-0.1, -0.05) is 31.0 Å². The van der Waals surface area contributed by atoms with Crippen molar-refractivity contribution in [3.8, 4) is 16.9 Å². The van der Waals surface area contributed by atoms with E-state index in [0.29, 0.717) is 6.54 Å². The van der Waals surface area contributed by atoms with Gasteiger partial charge in [0.2, 0.25) is 6.43 Å². The normalized spacial score (nSPS) is 16.2. The highest BCUT2D eigenvalue weighted by Crippen LogP contribution is 2.48. The van der Waals surface area contributed by atoms with Gasteiger partial charge in [0.15, 0.2) is 0 Å². The first-order valence-corrected chi connectivity index (χ1v) is 11.1. The van der Waals surface area contributed by atoms with Gasteiger partial charge < -0.3 is 14.0 Å². The molecule has 1 atom stereocenters. The van der Waals surface area contributed by atoms with Crippen molar-refractivity contribution in [1.29, 1.82) is 0 Å². The van der Waals surface area contributed by atoms with Crippen LogP contribution in [-0.2, 0) is 13.0 Å². The maximum Gasteiger partial charge on any atom is 0.240 e. The van der Waals surface area contributed by atoms with E-state index >= 15 is 0 Å². The molecule has 0 bridgehead atoms. The minimum atomic E-state index is -2.33. The molecule has 1 N–H and O–H groups in total. The van der Waals surface area contributed by atoms with E-state index in [9.17, 15) is 13.9 Å². The Balaban J connectivity index is 2.05. The van der Waals surface area contributed by atoms with E-state index < -0.39 is 6.43 Å². The average Bonchev–Trinajstić information content (AvgIpc) is 3.00. The molecule has 0 fully saturated rings. The molecule has 0 saturated carbocycles. The number of phenols is 1. The molecule has 1 unspecified atom stereocenters. The molecular formula is C23H26F2N2OS.